The highest BCUT2D eigenvalue weighted by Crippen LogP contribution is 2.22. The first-order valence-electron chi connectivity index (χ1n) is 4.53. The second-order valence-corrected chi connectivity index (χ2v) is 4.19. The van der Waals surface area contributed by atoms with Crippen molar-refractivity contribution in [3.8, 4) is 0 Å². The lowest BCUT2D eigenvalue weighted by atomic mass is 10.1. The average molecular weight is 258 g/mol. The minimum Gasteiger partial charge on any atom is -0.329 e. The van der Waals surface area contributed by atoms with Gasteiger partial charge in [-0.2, -0.15) is 0 Å². The molecule has 4 heteroatoms. The van der Waals surface area contributed by atoms with Crippen molar-refractivity contribution in [1.29, 1.82) is 0 Å². The molecule has 0 aliphatic carbocycles. The Balaban J connectivity index is 2.83. The zero-order chi connectivity index (χ0) is 10.6. The number of benzene rings is 1. The minimum absolute atomic E-state index is 0.153. The van der Waals surface area contributed by atoms with Crippen LogP contribution in [0.2, 0.25) is 0 Å². The monoisotopic (exact) mass is 257 g/mol. The van der Waals surface area contributed by atoms with Gasteiger partial charge >= 0.3 is 0 Å². The van der Waals surface area contributed by atoms with Crippen molar-refractivity contribution >= 4 is 15.9 Å². The van der Waals surface area contributed by atoms with Gasteiger partial charge in [0.25, 0.3) is 0 Å². The lowest BCUT2D eigenvalue weighted by Gasteiger charge is -2.22. The highest BCUT2D eigenvalue weighted by Gasteiger charge is 2.12. The number of halogens is 1. The van der Waals surface area contributed by atoms with Gasteiger partial charge in [0.1, 0.15) is 0 Å². The van der Waals surface area contributed by atoms with Gasteiger partial charge in [-0.05, 0) is 11.6 Å². The van der Waals surface area contributed by atoms with Crippen LogP contribution in [-0.2, 0) is 0 Å². The molecule has 3 N–H and O–H groups in total. The van der Waals surface area contributed by atoms with E-state index in [0.717, 1.165) is 4.47 Å². The maximum atomic E-state index is 5.71. The van der Waals surface area contributed by atoms with Crippen LogP contribution in [0.1, 0.15) is 11.6 Å². The third kappa shape index (κ3) is 3.06. The minimum atomic E-state index is 0.153. The molecule has 0 saturated carbocycles. The molecule has 14 heavy (non-hydrogen) atoms. The zero-order valence-electron chi connectivity index (χ0n) is 8.50. The quantitative estimate of drug-likeness (QED) is 0.804. The molecule has 0 heterocycles. The summed E-state index contributed by atoms with van der Waals surface area (Å²) in [6.07, 6.45) is 0. The molecular weight excluding hydrogens is 242 g/mol. The summed E-state index contributed by atoms with van der Waals surface area (Å²) in [7, 11) is 3.92. The molecule has 1 aromatic rings. The van der Waals surface area contributed by atoms with Crippen molar-refractivity contribution in [2.45, 2.75) is 6.04 Å². The maximum Gasteiger partial charge on any atom is 0.0597 e. The van der Waals surface area contributed by atoms with Gasteiger partial charge < -0.3 is 5.73 Å². The number of rotatable bonds is 4. The highest BCUT2D eigenvalue weighted by atomic mass is 79.9. The van der Waals surface area contributed by atoms with Crippen molar-refractivity contribution in [2.75, 3.05) is 20.6 Å². The van der Waals surface area contributed by atoms with Gasteiger partial charge in [-0.15, -0.1) is 0 Å². The fourth-order valence-corrected chi connectivity index (χ4v) is 1.88. The van der Waals surface area contributed by atoms with Crippen molar-refractivity contribution in [2.24, 2.45) is 5.73 Å². The third-order valence-corrected chi connectivity index (χ3v) is 2.65. The van der Waals surface area contributed by atoms with Crippen LogP contribution in [0.15, 0.2) is 28.7 Å². The predicted octanol–water partition coefficient (Wildman–Crippen LogP) is 1.52. The van der Waals surface area contributed by atoms with Gasteiger partial charge in [0, 0.05) is 25.1 Å². The van der Waals surface area contributed by atoms with E-state index in [-0.39, 0.29) is 6.04 Å². The summed E-state index contributed by atoms with van der Waals surface area (Å²) < 4.78 is 1.09. The van der Waals surface area contributed by atoms with E-state index in [9.17, 15) is 0 Å². The zero-order valence-corrected chi connectivity index (χ0v) is 10.1. The van der Waals surface area contributed by atoms with Crippen LogP contribution in [0.3, 0.4) is 0 Å². The number of hydrazine groups is 1. The Labute approximate surface area is 93.4 Å². The number of nitrogens with zero attached hydrogens (tertiary/aromatic N) is 1. The molecule has 0 aromatic heterocycles. The molecule has 78 valence electrons. The van der Waals surface area contributed by atoms with Gasteiger partial charge in [0.05, 0.1) is 6.04 Å². The summed E-state index contributed by atoms with van der Waals surface area (Å²) in [5, 5.41) is 1.91. The average Bonchev–Trinajstić information content (AvgIpc) is 2.15. The van der Waals surface area contributed by atoms with E-state index in [1.807, 2.05) is 37.3 Å². The molecular formula is C10H16BrN3. The van der Waals surface area contributed by atoms with Crippen LogP contribution in [0, 0.1) is 0 Å². The normalized spacial score (nSPS) is 13.2. The number of nitrogens with two attached hydrogens (primary N) is 1. The van der Waals surface area contributed by atoms with E-state index in [1.165, 1.54) is 5.56 Å². The lowest BCUT2D eigenvalue weighted by molar-refractivity contribution is 0.245. The molecule has 0 aliphatic heterocycles. The van der Waals surface area contributed by atoms with Crippen LogP contribution in [0.4, 0.5) is 0 Å². The molecule has 1 atom stereocenters. The molecule has 0 radical (unpaired) electrons. The van der Waals surface area contributed by atoms with E-state index in [1.54, 1.807) is 0 Å². The van der Waals surface area contributed by atoms with E-state index in [0.29, 0.717) is 6.54 Å². The number of nitrogens with one attached hydrogen (secondary N) is 1. The van der Waals surface area contributed by atoms with Crippen molar-refractivity contribution in [3.63, 3.8) is 0 Å². The molecule has 3 nitrogen and oxygen atoms in total. The van der Waals surface area contributed by atoms with Gasteiger partial charge in [0.2, 0.25) is 0 Å². The second-order valence-electron chi connectivity index (χ2n) is 3.33. The number of hydrogen-bond acceptors (Lipinski definition) is 3. The first-order chi connectivity index (χ1) is 6.65. The Morgan fingerprint density at radius 3 is 2.57 bits per heavy atom. The molecule has 1 rings (SSSR count). The van der Waals surface area contributed by atoms with Crippen molar-refractivity contribution in [3.05, 3.63) is 34.3 Å². The molecule has 0 amide bonds. The fourth-order valence-electron chi connectivity index (χ4n) is 1.32. The summed E-state index contributed by atoms with van der Waals surface area (Å²) in [5.74, 6) is 0. The first-order valence-corrected chi connectivity index (χ1v) is 5.32. The maximum absolute atomic E-state index is 5.71. The summed E-state index contributed by atoms with van der Waals surface area (Å²) in [6, 6.07) is 8.25. The van der Waals surface area contributed by atoms with E-state index >= 15 is 0 Å². The molecule has 0 aliphatic rings. The topological polar surface area (TPSA) is 41.3 Å². The van der Waals surface area contributed by atoms with E-state index in [4.69, 9.17) is 5.73 Å². The molecule has 1 aromatic carbocycles. The fraction of sp³-hybridized carbons (Fsp3) is 0.400. The van der Waals surface area contributed by atoms with Crippen LogP contribution >= 0.6 is 15.9 Å². The number of hydrogen-bond donors (Lipinski definition) is 2. The van der Waals surface area contributed by atoms with Crippen LogP contribution in [0.5, 0.6) is 0 Å². The molecule has 0 spiro atoms. The highest BCUT2D eigenvalue weighted by molar-refractivity contribution is 9.10. The molecule has 0 bridgehead atoms. The standard InChI is InChI=1S/C10H16BrN3/c1-14(2)13-10(7-12)8-5-3-4-6-9(8)11/h3-6,10,13H,7,12H2,1-2H3. The summed E-state index contributed by atoms with van der Waals surface area (Å²) in [6.45, 7) is 0.570. The summed E-state index contributed by atoms with van der Waals surface area (Å²) in [5.41, 5.74) is 10.2. The van der Waals surface area contributed by atoms with Crippen molar-refractivity contribution < 1.29 is 0 Å². The van der Waals surface area contributed by atoms with Crippen LogP contribution in [0.25, 0.3) is 0 Å². The molecule has 1 unspecified atom stereocenters. The van der Waals surface area contributed by atoms with Gasteiger partial charge in [-0.3, -0.25) is 0 Å². The van der Waals surface area contributed by atoms with Crippen LogP contribution < -0.4 is 11.2 Å². The lowest BCUT2D eigenvalue weighted by Crippen LogP contribution is -2.38. The molecule has 0 fully saturated rings. The van der Waals surface area contributed by atoms with E-state index < -0.39 is 0 Å². The summed E-state index contributed by atoms with van der Waals surface area (Å²) in [4.78, 5) is 0. The van der Waals surface area contributed by atoms with E-state index in [2.05, 4.69) is 27.4 Å². The summed E-state index contributed by atoms with van der Waals surface area (Å²) >= 11 is 3.51. The van der Waals surface area contributed by atoms with Gasteiger partial charge in [-0.25, -0.2) is 10.4 Å². The Hall–Kier alpha value is -0.420. The Bertz CT molecular complexity index is 288. The first kappa shape index (κ1) is 11.7. The second kappa shape index (κ2) is 5.46. The smallest absolute Gasteiger partial charge is 0.0597 e. The van der Waals surface area contributed by atoms with Crippen molar-refractivity contribution in [1.82, 2.24) is 10.4 Å². The Kier molecular flexibility index (Phi) is 4.54. The largest absolute Gasteiger partial charge is 0.329 e. The SMILES string of the molecule is CN(C)NC(CN)c1ccccc1Br. The Morgan fingerprint density at radius 2 is 2.07 bits per heavy atom. The third-order valence-electron chi connectivity index (χ3n) is 1.93. The van der Waals surface area contributed by atoms with Gasteiger partial charge in [-0.1, -0.05) is 34.1 Å². The molecule has 0 saturated heterocycles. The van der Waals surface area contributed by atoms with Gasteiger partial charge in [0.15, 0.2) is 0 Å². The van der Waals surface area contributed by atoms with Crippen LogP contribution in [-0.4, -0.2) is 25.6 Å². The predicted molar refractivity (Wildman–Crippen MR) is 62.8 cm³/mol. The Morgan fingerprint density at radius 1 is 1.43 bits per heavy atom.